The first-order chi connectivity index (χ1) is 46.0. The molecule has 5 N–H and O–H groups in total. The van der Waals surface area contributed by atoms with E-state index in [1.807, 2.05) is 99.2 Å². The van der Waals surface area contributed by atoms with Crippen LogP contribution in [-0.4, -0.2) is 156 Å². The van der Waals surface area contributed by atoms with E-state index >= 15 is 0 Å². The van der Waals surface area contributed by atoms with Crippen LogP contribution >= 0.6 is 0 Å². The number of nitrogens with one attached hydrogen (secondary N) is 3. The summed E-state index contributed by atoms with van der Waals surface area (Å²) in [6.45, 7) is 10.1. The van der Waals surface area contributed by atoms with E-state index in [0.29, 0.717) is 102 Å². The molecule has 21 nitrogen and oxygen atoms in total. The van der Waals surface area contributed by atoms with Gasteiger partial charge in [0.1, 0.15) is 12.1 Å². The standard InChI is InChI=1S/C74H82N10O11/c1-47(2)69(79-67(85)20-15-12-16-29-82-68(86)40-58(72(82)89)51-18-13-10-8-7-9-11-14-19-51)71(88)77-48(3)70(87)78-54-25-21-49(22-26-54)52-36-56-43-75-61-41-65(63(92-5)38-59(61)73(90)83(56)45-52)94-34-17-35-95-66-42-62-60(39-64(66)93-6)74(91)84-46-53(37-57(84)44-76-62)50-23-27-55(28-24-50)81-32-30-80(4)31-33-81/h7-11,13-14,18-19,21-28,38-48,56-57,69,86,89H,12,15-17,20,29-37H2,1-6H3,(H,77,88)(H,78,87)(H,79,85). The first-order valence-electron chi connectivity index (χ1n) is 32.4. The monoisotopic (exact) mass is 1290 g/mol. The smallest absolute Gasteiger partial charge is 0.260 e. The summed E-state index contributed by atoms with van der Waals surface area (Å²) in [5, 5.41) is 30.1. The Hall–Kier alpha value is -10.4. The third kappa shape index (κ3) is 15.5. The average Bonchev–Trinajstić information content (AvgIpc) is 1.69. The molecule has 4 unspecified atom stereocenters. The number of amides is 5. The number of unbranched alkanes of at least 4 members (excludes halogenated alkanes) is 2. The first-order valence-corrected chi connectivity index (χ1v) is 32.4. The minimum absolute atomic E-state index is 0.0473. The van der Waals surface area contributed by atoms with Crippen molar-refractivity contribution in [2.45, 2.75) is 96.4 Å². The molecule has 0 radical (unpaired) electrons. The lowest BCUT2D eigenvalue weighted by Gasteiger charge is -2.34. The fraction of sp³-hybridized carbons (Fsp3) is 0.338. The Kier molecular flexibility index (Phi) is 20.9. The van der Waals surface area contributed by atoms with Crippen LogP contribution in [-0.2, 0) is 20.9 Å². The van der Waals surface area contributed by atoms with Gasteiger partial charge in [0.2, 0.25) is 23.6 Å². The molecule has 5 aliphatic rings. The predicted molar refractivity (Wildman–Crippen MR) is 368 cm³/mol. The number of hydrogen-bond donors (Lipinski definition) is 5. The van der Waals surface area contributed by atoms with Crippen molar-refractivity contribution in [1.29, 1.82) is 0 Å². The van der Waals surface area contributed by atoms with Crippen molar-refractivity contribution in [3.05, 3.63) is 168 Å². The molecule has 494 valence electrons. The second-order valence-corrected chi connectivity index (χ2v) is 24.7. The van der Waals surface area contributed by atoms with Gasteiger partial charge in [-0.05, 0) is 97.0 Å². The number of methoxy groups -OCH3 is 2. The molecule has 6 heterocycles. The number of hydrogen-bond acceptors (Lipinski definition) is 15. The largest absolute Gasteiger partial charge is 0.494 e. The van der Waals surface area contributed by atoms with Crippen LogP contribution in [0.2, 0.25) is 0 Å². The number of rotatable bonds is 24. The van der Waals surface area contributed by atoms with Crippen LogP contribution in [0.15, 0.2) is 156 Å². The van der Waals surface area contributed by atoms with Crippen LogP contribution in [0, 0.1) is 5.92 Å². The van der Waals surface area contributed by atoms with Gasteiger partial charge in [0.15, 0.2) is 28.9 Å². The van der Waals surface area contributed by atoms with Crippen molar-refractivity contribution in [2.24, 2.45) is 15.9 Å². The molecule has 0 saturated carbocycles. The first kappa shape index (κ1) is 66.1. The number of benzene rings is 4. The van der Waals surface area contributed by atoms with Crippen molar-refractivity contribution >= 4 is 75.9 Å². The number of nitrogens with zero attached hydrogens (tertiary/aromatic N) is 7. The summed E-state index contributed by atoms with van der Waals surface area (Å²) in [4.78, 5) is 86.0. The molecular weight excluding hydrogens is 1200 g/mol. The van der Waals surface area contributed by atoms with Gasteiger partial charge >= 0.3 is 0 Å². The van der Waals surface area contributed by atoms with E-state index in [-0.39, 0.29) is 67.1 Å². The number of piperazine rings is 1. The molecule has 95 heavy (non-hydrogen) atoms. The zero-order valence-electron chi connectivity index (χ0n) is 54.5. The Morgan fingerprint density at radius 3 is 1.66 bits per heavy atom. The van der Waals surface area contributed by atoms with E-state index in [0.717, 1.165) is 54.0 Å². The summed E-state index contributed by atoms with van der Waals surface area (Å²) in [5.74, 6) is -0.389. The lowest BCUT2D eigenvalue weighted by molar-refractivity contribution is -0.131. The molecule has 0 bridgehead atoms. The lowest BCUT2D eigenvalue weighted by atomic mass is 10.0. The van der Waals surface area contributed by atoms with Crippen LogP contribution in [0.25, 0.3) is 22.3 Å². The highest BCUT2D eigenvalue weighted by molar-refractivity contribution is 6.07. The zero-order valence-corrected chi connectivity index (χ0v) is 54.5. The third-order valence-corrected chi connectivity index (χ3v) is 17.7. The van der Waals surface area contributed by atoms with Crippen LogP contribution in [0.3, 0.4) is 0 Å². The van der Waals surface area contributed by atoms with Gasteiger partial charge in [-0.3, -0.25) is 38.5 Å². The summed E-state index contributed by atoms with van der Waals surface area (Å²) in [7, 11) is 5.20. The van der Waals surface area contributed by atoms with Gasteiger partial charge in [0.05, 0.1) is 62.0 Å². The SMILES string of the molecule is COc1cc2c(cc1OCCCOc1cc3c(cc1OC)C(=O)N1C=C(c4ccc(N5CCN(C)CC5)cc4)CC1C=N3)N=CC1CC(c3ccc(NC(=O)C(C)NC(=O)C(NC(=O)CCCCCn4c(O)cc(-c5ccccccccc5)c4O)C(C)C)cc3)=CN1C2=O. The van der Waals surface area contributed by atoms with Crippen molar-refractivity contribution in [3.63, 3.8) is 0 Å². The molecule has 5 amide bonds. The molecule has 21 heteroatoms. The summed E-state index contributed by atoms with van der Waals surface area (Å²) < 4.78 is 25.3. The minimum atomic E-state index is -0.934. The molecule has 11 rings (SSSR count). The molecule has 4 atom stereocenters. The third-order valence-electron chi connectivity index (χ3n) is 17.7. The van der Waals surface area contributed by atoms with E-state index < -0.39 is 23.9 Å². The Labute approximate surface area is 553 Å². The molecule has 0 aliphatic carbocycles. The van der Waals surface area contributed by atoms with Gasteiger partial charge < -0.3 is 64.7 Å². The molecule has 1 aromatic heterocycles. The number of likely N-dealkylation sites (N-methyl/N-ethyl adjacent to an activating group) is 1. The normalized spacial score (nSPS) is 17.0. The molecule has 6 aromatic rings. The number of aliphatic imine (C=N–C) groups is 2. The van der Waals surface area contributed by atoms with Gasteiger partial charge in [-0.25, -0.2) is 0 Å². The highest BCUT2D eigenvalue weighted by Gasteiger charge is 2.36. The highest BCUT2D eigenvalue weighted by Crippen LogP contribution is 2.43. The summed E-state index contributed by atoms with van der Waals surface area (Å²) in [6.07, 6.45) is 10.9. The van der Waals surface area contributed by atoms with Crippen LogP contribution in [0.1, 0.15) is 97.6 Å². The Balaban J connectivity index is 0.622. The Morgan fingerprint density at radius 1 is 0.589 bits per heavy atom. The number of aromatic hydroxyl groups is 2. The van der Waals surface area contributed by atoms with Crippen LogP contribution < -0.4 is 39.8 Å². The number of aromatic nitrogens is 1. The maximum absolute atomic E-state index is 14.2. The van der Waals surface area contributed by atoms with Gasteiger partial charge in [-0.2, -0.15) is 0 Å². The van der Waals surface area contributed by atoms with Crippen molar-refractivity contribution in [1.82, 2.24) is 29.9 Å². The average molecular weight is 1290 g/mol. The maximum atomic E-state index is 14.2. The zero-order chi connectivity index (χ0) is 66.7. The van der Waals surface area contributed by atoms with Crippen molar-refractivity contribution in [2.75, 3.05) is 70.9 Å². The van der Waals surface area contributed by atoms with E-state index in [2.05, 4.69) is 57.1 Å². The van der Waals surface area contributed by atoms with Crippen LogP contribution in [0.4, 0.5) is 22.7 Å². The number of fused-ring (bicyclic) bond motifs is 4. The number of ether oxygens (including phenoxy) is 4. The van der Waals surface area contributed by atoms with E-state index in [9.17, 15) is 34.2 Å². The highest BCUT2D eigenvalue weighted by atomic mass is 16.5. The summed E-state index contributed by atoms with van der Waals surface area (Å²) >= 11 is 0. The maximum Gasteiger partial charge on any atom is 0.260 e. The van der Waals surface area contributed by atoms with Gasteiger partial charge in [-0.15, -0.1) is 0 Å². The Bertz CT molecular complexity index is 3990. The molecule has 0 spiro atoms. The van der Waals surface area contributed by atoms with Crippen molar-refractivity contribution in [3.8, 4) is 45.9 Å². The second-order valence-electron chi connectivity index (χ2n) is 24.7. The van der Waals surface area contributed by atoms with E-state index in [1.54, 1.807) is 59.3 Å². The molecule has 1 saturated heterocycles. The van der Waals surface area contributed by atoms with Gasteiger partial charge in [0.25, 0.3) is 11.8 Å². The number of carbonyl (C=O) groups excluding carboxylic acids is 5. The molecular formula is C74H82N10O11. The molecule has 5 aromatic carbocycles. The molecule has 1 fully saturated rings. The lowest BCUT2D eigenvalue weighted by Crippen LogP contribution is -2.53. The topological polar surface area (TPSA) is 241 Å². The van der Waals surface area contributed by atoms with Crippen LogP contribution in [0.5, 0.6) is 34.8 Å². The number of anilines is 2. The van der Waals surface area contributed by atoms with E-state index in [1.165, 1.54) is 30.5 Å². The predicted octanol–water partition coefficient (Wildman–Crippen LogP) is 11.1. The van der Waals surface area contributed by atoms with Gasteiger partial charge in [0, 0.05) is 118 Å². The van der Waals surface area contributed by atoms with E-state index in [4.69, 9.17) is 28.9 Å². The Morgan fingerprint density at radius 2 is 1.13 bits per heavy atom. The summed E-state index contributed by atoms with van der Waals surface area (Å²) in [6, 6.07) is 38.6. The fourth-order valence-corrected chi connectivity index (χ4v) is 12.2. The summed E-state index contributed by atoms with van der Waals surface area (Å²) in [5.41, 5.74) is 8.57. The molecule has 5 aliphatic heterocycles. The van der Waals surface area contributed by atoms with Crippen molar-refractivity contribution < 1.29 is 53.1 Å². The van der Waals surface area contributed by atoms with Gasteiger partial charge in [-0.1, -0.05) is 99.1 Å². The second kappa shape index (κ2) is 30.1. The number of carbonyl (C=O) groups is 5. The fourth-order valence-electron chi connectivity index (χ4n) is 12.2. The minimum Gasteiger partial charge on any atom is -0.494 e. The quantitative estimate of drug-likeness (QED) is 0.0355.